The Hall–Kier alpha value is -2.89. The van der Waals surface area contributed by atoms with Crippen LogP contribution in [-0.4, -0.2) is 27.8 Å². The number of ether oxygens (including phenoxy) is 1. The van der Waals surface area contributed by atoms with Gasteiger partial charge in [0.1, 0.15) is 17.0 Å². The number of methoxy groups -OCH3 is 1. The van der Waals surface area contributed by atoms with E-state index in [0.717, 1.165) is 5.69 Å². The van der Waals surface area contributed by atoms with Crippen molar-refractivity contribution in [2.24, 2.45) is 0 Å². The van der Waals surface area contributed by atoms with Crippen LogP contribution in [0.4, 0.5) is 5.82 Å². The van der Waals surface area contributed by atoms with E-state index in [2.05, 4.69) is 14.8 Å². The molecule has 0 aliphatic rings. The number of hydrogen-bond donors (Lipinski definition) is 1. The van der Waals surface area contributed by atoms with Gasteiger partial charge in [-0.3, -0.25) is 0 Å². The molecule has 0 saturated heterocycles. The van der Waals surface area contributed by atoms with Gasteiger partial charge < -0.3 is 10.5 Å². The number of carbonyl (C=O) groups excluding carboxylic acids is 1. The van der Waals surface area contributed by atoms with Gasteiger partial charge in [-0.1, -0.05) is 18.2 Å². The van der Waals surface area contributed by atoms with Crippen LogP contribution < -0.4 is 5.73 Å². The van der Waals surface area contributed by atoms with Gasteiger partial charge in [0.25, 0.3) is 0 Å². The second-order valence-corrected chi connectivity index (χ2v) is 4.21. The van der Waals surface area contributed by atoms with E-state index in [0.29, 0.717) is 16.7 Å². The van der Waals surface area contributed by atoms with Crippen molar-refractivity contribution in [3.63, 3.8) is 0 Å². The molecule has 0 fully saturated rings. The zero-order valence-corrected chi connectivity index (χ0v) is 10.8. The molecule has 0 bridgehead atoms. The molecule has 2 heterocycles. The van der Waals surface area contributed by atoms with E-state index in [4.69, 9.17) is 5.73 Å². The second kappa shape index (κ2) is 4.65. The predicted molar refractivity (Wildman–Crippen MR) is 74.6 cm³/mol. The lowest BCUT2D eigenvalue weighted by Gasteiger charge is -2.02. The number of pyridine rings is 1. The number of aromatic nitrogens is 3. The summed E-state index contributed by atoms with van der Waals surface area (Å²) >= 11 is 0. The molecular formula is C14H12N4O2. The fraction of sp³-hybridized carbons (Fsp3) is 0.0714. The number of rotatable bonds is 2. The topological polar surface area (TPSA) is 83.0 Å². The van der Waals surface area contributed by atoms with Crippen LogP contribution in [0.1, 0.15) is 10.5 Å². The van der Waals surface area contributed by atoms with E-state index in [1.165, 1.54) is 13.3 Å². The smallest absolute Gasteiger partial charge is 0.356 e. The van der Waals surface area contributed by atoms with Gasteiger partial charge >= 0.3 is 5.97 Å². The molecule has 2 aromatic heterocycles. The summed E-state index contributed by atoms with van der Waals surface area (Å²) in [6, 6.07) is 11.1. The van der Waals surface area contributed by atoms with E-state index >= 15 is 0 Å². The van der Waals surface area contributed by atoms with E-state index in [9.17, 15) is 4.79 Å². The maximum Gasteiger partial charge on any atom is 0.356 e. The van der Waals surface area contributed by atoms with Gasteiger partial charge in [-0.25, -0.2) is 14.5 Å². The Kier molecular flexibility index (Phi) is 2.83. The number of esters is 1. The first-order valence-electron chi connectivity index (χ1n) is 5.98. The summed E-state index contributed by atoms with van der Waals surface area (Å²) in [6.45, 7) is 0. The van der Waals surface area contributed by atoms with Gasteiger partial charge in [0.15, 0.2) is 0 Å². The van der Waals surface area contributed by atoms with Crippen LogP contribution in [0.3, 0.4) is 0 Å². The molecule has 0 spiro atoms. The molecule has 100 valence electrons. The van der Waals surface area contributed by atoms with Gasteiger partial charge in [0.05, 0.1) is 19.0 Å². The third-order valence-corrected chi connectivity index (χ3v) is 2.99. The van der Waals surface area contributed by atoms with Crippen molar-refractivity contribution in [3.8, 4) is 5.69 Å². The number of nitrogens with two attached hydrogens (primary N) is 1. The average Bonchev–Trinajstić information content (AvgIpc) is 2.84. The second-order valence-electron chi connectivity index (χ2n) is 4.21. The van der Waals surface area contributed by atoms with Crippen molar-refractivity contribution in [3.05, 3.63) is 48.3 Å². The summed E-state index contributed by atoms with van der Waals surface area (Å²) in [5, 5.41) is 5.06. The molecule has 6 nitrogen and oxygen atoms in total. The number of nitrogen functional groups attached to an aromatic ring is 1. The number of nitrogens with zero attached hydrogens (tertiary/aromatic N) is 3. The van der Waals surface area contributed by atoms with Crippen LogP contribution in [0.2, 0.25) is 0 Å². The first-order chi connectivity index (χ1) is 9.70. The number of benzene rings is 1. The summed E-state index contributed by atoms with van der Waals surface area (Å²) in [5.41, 5.74) is 7.78. The summed E-state index contributed by atoms with van der Waals surface area (Å²) in [7, 11) is 1.31. The van der Waals surface area contributed by atoms with Gasteiger partial charge in [-0.15, -0.1) is 0 Å². The minimum atomic E-state index is -0.501. The van der Waals surface area contributed by atoms with Crippen LogP contribution in [0, 0.1) is 0 Å². The first kappa shape index (κ1) is 12.2. The molecule has 6 heteroatoms. The van der Waals surface area contributed by atoms with Gasteiger partial charge in [0, 0.05) is 5.39 Å². The zero-order valence-electron chi connectivity index (χ0n) is 10.8. The third-order valence-electron chi connectivity index (χ3n) is 2.99. The van der Waals surface area contributed by atoms with Crippen LogP contribution >= 0.6 is 0 Å². The molecule has 3 rings (SSSR count). The Labute approximate surface area is 114 Å². The number of fused-ring (bicyclic) bond motifs is 1. The van der Waals surface area contributed by atoms with Crippen LogP contribution in [0.5, 0.6) is 0 Å². The fourth-order valence-electron chi connectivity index (χ4n) is 1.99. The van der Waals surface area contributed by atoms with E-state index in [1.807, 2.05) is 30.3 Å². The molecule has 2 N–H and O–H groups in total. The van der Waals surface area contributed by atoms with E-state index in [1.54, 1.807) is 10.7 Å². The maximum atomic E-state index is 11.5. The quantitative estimate of drug-likeness (QED) is 0.716. The van der Waals surface area contributed by atoms with Crippen LogP contribution in [-0.2, 0) is 4.74 Å². The highest BCUT2D eigenvalue weighted by atomic mass is 16.5. The molecule has 0 amide bonds. The highest BCUT2D eigenvalue weighted by Gasteiger charge is 2.14. The lowest BCUT2D eigenvalue weighted by Crippen LogP contribution is -2.03. The van der Waals surface area contributed by atoms with Gasteiger partial charge in [-0.2, -0.15) is 5.10 Å². The maximum absolute atomic E-state index is 11.5. The van der Waals surface area contributed by atoms with Gasteiger partial charge in [-0.05, 0) is 18.2 Å². The van der Waals surface area contributed by atoms with Crippen molar-refractivity contribution < 1.29 is 9.53 Å². The number of anilines is 1. The Bertz CT molecular complexity index is 780. The molecule has 0 aliphatic heterocycles. The molecule has 0 aliphatic carbocycles. The molecule has 0 unspecified atom stereocenters. The SMILES string of the molecule is COC(=O)c1cc2c(N)n(-c3ccccc3)nc2cn1. The summed E-state index contributed by atoms with van der Waals surface area (Å²) < 4.78 is 6.27. The zero-order chi connectivity index (χ0) is 14.1. The Morgan fingerprint density at radius 1 is 1.30 bits per heavy atom. The molecule has 20 heavy (non-hydrogen) atoms. The highest BCUT2D eigenvalue weighted by Crippen LogP contribution is 2.24. The van der Waals surface area contributed by atoms with Gasteiger partial charge in [0.2, 0.25) is 0 Å². The Morgan fingerprint density at radius 2 is 2.05 bits per heavy atom. The average molecular weight is 268 g/mol. The lowest BCUT2D eigenvalue weighted by atomic mass is 10.2. The Balaban J connectivity index is 2.18. The normalized spacial score (nSPS) is 10.7. The van der Waals surface area contributed by atoms with Crippen molar-refractivity contribution in [1.29, 1.82) is 0 Å². The van der Waals surface area contributed by atoms with Crippen molar-refractivity contribution in [2.75, 3.05) is 12.8 Å². The highest BCUT2D eigenvalue weighted by molar-refractivity contribution is 5.96. The minimum Gasteiger partial charge on any atom is -0.464 e. The van der Waals surface area contributed by atoms with Crippen molar-refractivity contribution in [1.82, 2.24) is 14.8 Å². The number of para-hydroxylation sites is 1. The molecule has 3 aromatic rings. The summed E-state index contributed by atoms with van der Waals surface area (Å²) in [4.78, 5) is 15.5. The van der Waals surface area contributed by atoms with Crippen LogP contribution in [0.25, 0.3) is 16.6 Å². The van der Waals surface area contributed by atoms with Crippen molar-refractivity contribution in [2.45, 2.75) is 0 Å². The fourth-order valence-corrected chi connectivity index (χ4v) is 1.99. The van der Waals surface area contributed by atoms with E-state index in [-0.39, 0.29) is 5.69 Å². The summed E-state index contributed by atoms with van der Waals surface area (Å²) in [6.07, 6.45) is 1.51. The molecule has 0 radical (unpaired) electrons. The third kappa shape index (κ3) is 1.87. The standard InChI is InChI=1S/C14H12N4O2/c1-20-14(19)11-7-10-12(8-16-11)17-18(13(10)15)9-5-3-2-4-6-9/h2-8H,15H2,1H3. The number of carbonyl (C=O) groups is 1. The number of hydrogen-bond acceptors (Lipinski definition) is 5. The molecule has 0 atom stereocenters. The monoisotopic (exact) mass is 268 g/mol. The Morgan fingerprint density at radius 3 is 2.75 bits per heavy atom. The lowest BCUT2D eigenvalue weighted by molar-refractivity contribution is 0.0594. The largest absolute Gasteiger partial charge is 0.464 e. The molecule has 1 aromatic carbocycles. The minimum absolute atomic E-state index is 0.208. The molecular weight excluding hydrogens is 256 g/mol. The van der Waals surface area contributed by atoms with Crippen LogP contribution in [0.15, 0.2) is 42.6 Å². The van der Waals surface area contributed by atoms with E-state index < -0.39 is 5.97 Å². The van der Waals surface area contributed by atoms with Crippen molar-refractivity contribution >= 4 is 22.7 Å². The summed E-state index contributed by atoms with van der Waals surface area (Å²) in [5.74, 6) is -0.0440. The predicted octanol–water partition coefficient (Wildman–Crippen LogP) is 1.79. The molecule has 0 saturated carbocycles. The first-order valence-corrected chi connectivity index (χ1v) is 5.98.